The van der Waals surface area contributed by atoms with Gasteiger partial charge in [0, 0.05) is 38.6 Å². The van der Waals surface area contributed by atoms with Gasteiger partial charge in [-0.25, -0.2) is 0 Å². The summed E-state index contributed by atoms with van der Waals surface area (Å²) in [6, 6.07) is 6.06. The van der Waals surface area contributed by atoms with Crippen molar-refractivity contribution in [1.82, 2.24) is 19.2 Å². The Morgan fingerprint density at radius 2 is 2.30 bits per heavy atom. The number of amides is 1. The van der Waals surface area contributed by atoms with E-state index in [2.05, 4.69) is 25.9 Å². The fourth-order valence-electron chi connectivity index (χ4n) is 3.01. The van der Waals surface area contributed by atoms with E-state index in [0.717, 1.165) is 23.8 Å². The summed E-state index contributed by atoms with van der Waals surface area (Å²) in [6.07, 6.45) is 2.01. The number of nitrogens with zero attached hydrogens (tertiary/aromatic N) is 4. The Kier molecular flexibility index (Phi) is 4.49. The molecule has 0 aromatic carbocycles. The van der Waals surface area contributed by atoms with Gasteiger partial charge in [-0.2, -0.15) is 5.10 Å². The predicted molar refractivity (Wildman–Crippen MR) is 87.1 cm³/mol. The van der Waals surface area contributed by atoms with Crippen LogP contribution in [-0.2, 0) is 23.6 Å². The van der Waals surface area contributed by atoms with Crippen LogP contribution in [0.15, 0.2) is 24.4 Å². The lowest BCUT2D eigenvalue weighted by Gasteiger charge is -2.35. The Hall–Kier alpha value is -2.12. The third-order valence-corrected chi connectivity index (χ3v) is 4.18. The normalized spacial score (nSPS) is 19.0. The van der Waals surface area contributed by atoms with E-state index in [9.17, 15) is 4.79 Å². The number of nitrogens with one attached hydrogen (secondary N) is 1. The van der Waals surface area contributed by atoms with Crippen molar-refractivity contribution < 1.29 is 9.53 Å². The third kappa shape index (κ3) is 3.46. The molecule has 7 heteroatoms. The quantitative estimate of drug-likeness (QED) is 0.916. The highest BCUT2D eigenvalue weighted by atomic mass is 16.5. The maximum absolute atomic E-state index is 12.4. The van der Waals surface area contributed by atoms with Crippen LogP contribution < -0.4 is 5.32 Å². The maximum Gasteiger partial charge on any atom is 0.239 e. The highest BCUT2D eigenvalue weighted by Crippen LogP contribution is 2.24. The number of hydrogen-bond acceptors (Lipinski definition) is 4. The van der Waals surface area contributed by atoms with Gasteiger partial charge in [-0.15, -0.1) is 0 Å². The zero-order valence-electron chi connectivity index (χ0n) is 13.8. The lowest BCUT2D eigenvalue weighted by molar-refractivity contribution is -0.119. The molecule has 3 heterocycles. The van der Waals surface area contributed by atoms with Crippen LogP contribution in [-0.4, -0.2) is 51.5 Å². The van der Waals surface area contributed by atoms with E-state index in [1.54, 1.807) is 4.68 Å². The summed E-state index contributed by atoms with van der Waals surface area (Å²) < 4.78 is 9.37. The number of aryl methyl sites for hydroxylation is 3. The van der Waals surface area contributed by atoms with E-state index in [0.29, 0.717) is 19.8 Å². The molecule has 0 spiro atoms. The van der Waals surface area contributed by atoms with Gasteiger partial charge in [0.15, 0.2) is 0 Å². The Labute approximate surface area is 135 Å². The van der Waals surface area contributed by atoms with E-state index in [1.165, 1.54) is 0 Å². The molecule has 1 aliphatic rings. The SMILES string of the molecule is Cc1cc(NC(=O)CN2CCOC[C@H]2c2cccn2C)n(C)n1. The van der Waals surface area contributed by atoms with Crippen LogP contribution in [0.25, 0.3) is 0 Å². The second-order valence-electron chi connectivity index (χ2n) is 5.95. The van der Waals surface area contributed by atoms with E-state index in [4.69, 9.17) is 4.74 Å². The fraction of sp³-hybridized carbons (Fsp3) is 0.500. The minimum atomic E-state index is -0.0332. The van der Waals surface area contributed by atoms with Crippen LogP contribution in [0.1, 0.15) is 17.4 Å². The fourth-order valence-corrected chi connectivity index (χ4v) is 3.01. The van der Waals surface area contributed by atoms with Gasteiger partial charge in [0.1, 0.15) is 5.82 Å². The molecule has 7 nitrogen and oxygen atoms in total. The van der Waals surface area contributed by atoms with Gasteiger partial charge in [0.2, 0.25) is 5.91 Å². The maximum atomic E-state index is 12.4. The molecular weight excluding hydrogens is 294 g/mol. The number of morpholine rings is 1. The average Bonchev–Trinajstić information content (AvgIpc) is 3.05. The number of carbonyl (C=O) groups excluding carboxylic acids is 1. The summed E-state index contributed by atoms with van der Waals surface area (Å²) in [5.74, 6) is 0.685. The van der Waals surface area contributed by atoms with Gasteiger partial charge in [-0.3, -0.25) is 14.4 Å². The Morgan fingerprint density at radius 1 is 1.48 bits per heavy atom. The van der Waals surface area contributed by atoms with Crippen molar-refractivity contribution in [1.29, 1.82) is 0 Å². The molecule has 0 unspecified atom stereocenters. The number of hydrogen-bond donors (Lipinski definition) is 1. The molecule has 23 heavy (non-hydrogen) atoms. The summed E-state index contributed by atoms with van der Waals surface area (Å²) in [5, 5.41) is 7.17. The third-order valence-electron chi connectivity index (χ3n) is 4.18. The van der Waals surface area contributed by atoms with Crippen molar-refractivity contribution in [3.63, 3.8) is 0 Å². The molecule has 0 bridgehead atoms. The van der Waals surface area contributed by atoms with E-state index in [1.807, 2.05) is 39.3 Å². The minimum absolute atomic E-state index is 0.0332. The van der Waals surface area contributed by atoms with Crippen LogP contribution in [0, 0.1) is 6.92 Å². The monoisotopic (exact) mass is 317 g/mol. The molecule has 0 aliphatic carbocycles. The predicted octanol–water partition coefficient (Wildman–Crippen LogP) is 1.08. The highest BCUT2D eigenvalue weighted by molar-refractivity contribution is 5.91. The smallest absolute Gasteiger partial charge is 0.239 e. The number of anilines is 1. The first-order chi connectivity index (χ1) is 11.0. The largest absolute Gasteiger partial charge is 0.378 e. The van der Waals surface area contributed by atoms with Crippen molar-refractivity contribution in [2.75, 3.05) is 31.6 Å². The molecule has 1 aliphatic heterocycles. The lowest BCUT2D eigenvalue weighted by Crippen LogP contribution is -2.44. The number of ether oxygens (including phenoxy) is 1. The van der Waals surface area contributed by atoms with Crippen molar-refractivity contribution in [2.45, 2.75) is 13.0 Å². The van der Waals surface area contributed by atoms with Crippen molar-refractivity contribution >= 4 is 11.7 Å². The first kappa shape index (κ1) is 15.8. The molecule has 1 saturated heterocycles. The molecule has 2 aromatic heterocycles. The average molecular weight is 317 g/mol. The second kappa shape index (κ2) is 6.55. The first-order valence-electron chi connectivity index (χ1n) is 7.78. The van der Waals surface area contributed by atoms with E-state index < -0.39 is 0 Å². The van der Waals surface area contributed by atoms with Gasteiger partial charge < -0.3 is 14.6 Å². The molecule has 3 rings (SSSR count). The van der Waals surface area contributed by atoms with Crippen molar-refractivity contribution in [3.8, 4) is 0 Å². The van der Waals surface area contributed by atoms with Gasteiger partial charge >= 0.3 is 0 Å². The Bertz CT molecular complexity index is 690. The zero-order chi connectivity index (χ0) is 16.4. The van der Waals surface area contributed by atoms with E-state index >= 15 is 0 Å². The summed E-state index contributed by atoms with van der Waals surface area (Å²) in [4.78, 5) is 14.6. The lowest BCUT2D eigenvalue weighted by atomic mass is 10.1. The second-order valence-corrected chi connectivity index (χ2v) is 5.95. The molecule has 124 valence electrons. The Balaban J connectivity index is 1.68. The Morgan fingerprint density at radius 3 is 2.96 bits per heavy atom. The number of aromatic nitrogens is 3. The molecule has 1 fully saturated rings. The zero-order valence-corrected chi connectivity index (χ0v) is 13.8. The molecule has 0 radical (unpaired) electrons. The van der Waals surface area contributed by atoms with Crippen LogP contribution >= 0.6 is 0 Å². The number of rotatable bonds is 4. The van der Waals surface area contributed by atoms with Crippen LogP contribution in [0.2, 0.25) is 0 Å². The molecular formula is C16H23N5O2. The molecule has 1 amide bonds. The minimum Gasteiger partial charge on any atom is -0.378 e. The standard InChI is InChI=1S/C16H23N5O2/c1-12-9-15(20(3)18-12)17-16(22)10-21-7-8-23-11-14(21)13-5-4-6-19(13)2/h4-6,9,14H,7-8,10-11H2,1-3H3,(H,17,22)/t14-/m0/s1. The summed E-state index contributed by atoms with van der Waals surface area (Å²) in [5.41, 5.74) is 2.05. The molecule has 1 N–H and O–H groups in total. The van der Waals surface area contributed by atoms with Crippen LogP contribution in [0.3, 0.4) is 0 Å². The van der Waals surface area contributed by atoms with Crippen molar-refractivity contribution in [2.24, 2.45) is 14.1 Å². The number of carbonyl (C=O) groups is 1. The molecule has 0 saturated carbocycles. The highest BCUT2D eigenvalue weighted by Gasteiger charge is 2.28. The molecule has 2 aromatic rings. The van der Waals surface area contributed by atoms with Crippen LogP contribution in [0.5, 0.6) is 0 Å². The summed E-state index contributed by atoms with van der Waals surface area (Å²) in [7, 11) is 3.84. The molecule has 1 atom stereocenters. The van der Waals surface area contributed by atoms with Crippen molar-refractivity contribution in [3.05, 3.63) is 35.8 Å². The summed E-state index contributed by atoms with van der Waals surface area (Å²) >= 11 is 0. The van der Waals surface area contributed by atoms with Gasteiger partial charge in [0.25, 0.3) is 0 Å². The van der Waals surface area contributed by atoms with E-state index in [-0.39, 0.29) is 11.9 Å². The van der Waals surface area contributed by atoms with Gasteiger partial charge in [-0.1, -0.05) is 0 Å². The van der Waals surface area contributed by atoms with Crippen LogP contribution in [0.4, 0.5) is 5.82 Å². The summed E-state index contributed by atoms with van der Waals surface area (Å²) in [6.45, 7) is 4.25. The topological polar surface area (TPSA) is 64.3 Å². The van der Waals surface area contributed by atoms with Gasteiger partial charge in [-0.05, 0) is 19.1 Å². The van der Waals surface area contributed by atoms with Gasteiger partial charge in [0.05, 0.1) is 31.5 Å². The first-order valence-corrected chi connectivity index (χ1v) is 7.78.